The van der Waals surface area contributed by atoms with E-state index in [4.69, 9.17) is 4.74 Å². The quantitative estimate of drug-likeness (QED) is 0.202. The Bertz CT molecular complexity index is 984. The maximum atomic E-state index is 12.7. The molecule has 0 aliphatic rings. The van der Waals surface area contributed by atoms with E-state index in [-0.39, 0.29) is 13.1 Å². The van der Waals surface area contributed by atoms with Gasteiger partial charge in [-0.25, -0.2) is 0 Å². The van der Waals surface area contributed by atoms with Gasteiger partial charge in [0.1, 0.15) is 5.75 Å². The first-order valence-electron chi connectivity index (χ1n) is 11.7. The Hall–Kier alpha value is -2.83. The first-order valence-corrected chi connectivity index (χ1v) is 11.7. The van der Waals surface area contributed by atoms with Gasteiger partial charge in [-0.15, -0.1) is 0 Å². The lowest BCUT2D eigenvalue weighted by molar-refractivity contribution is -0.137. The number of alkyl halides is 3. The molecule has 0 radical (unpaired) electrons. The third-order valence-electron chi connectivity index (χ3n) is 5.66. The van der Waals surface area contributed by atoms with Crippen LogP contribution in [0.5, 0.6) is 5.75 Å². The highest BCUT2D eigenvalue weighted by Crippen LogP contribution is 2.29. The molecule has 182 valence electrons. The molecule has 3 rings (SSSR count). The zero-order valence-corrected chi connectivity index (χ0v) is 19.5. The van der Waals surface area contributed by atoms with Crippen LogP contribution in [0.3, 0.4) is 0 Å². The third kappa shape index (κ3) is 8.50. The highest BCUT2D eigenvalue weighted by atomic mass is 19.4. The van der Waals surface area contributed by atoms with Crippen LogP contribution in [0.15, 0.2) is 72.8 Å². The van der Waals surface area contributed by atoms with Crippen LogP contribution in [0.25, 0.3) is 0 Å². The number of aryl methyl sites for hydroxylation is 2. The second-order valence-corrected chi connectivity index (χ2v) is 8.51. The Kier molecular flexibility index (Phi) is 9.54. The predicted octanol–water partition coefficient (Wildman–Crippen LogP) is 7.56. The molecule has 0 N–H and O–H groups in total. The summed E-state index contributed by atoms with van der Waals surface area (Å²) in [5, 5.41) is 13.1. The van der Waals surface area contributed by atoms with Gasteiger partial charge >= 0.3 is 6.18 Å². The summed E-state index contributed by atoms with van der Waals surface area (Å²) >= 11 is 0. The van der Waals surface area contributed by atoms with E-state index in [1.54, 1.807) is 0 Å². The molecule has 0 unspecified atom stereocenters. The zero-order chi connectivity index (χ0) is 24.4. The van der Waals surface area contributed by atoms with Crippen molar-refractivity contribution in [3.63, 3.8) is 0 Å². The minimum Gasteiger partial charge on any atom is -0.785 e. The van der Waals surface area contributed by atoms with Crippen LogP contribution >= 0.6 is 0 Å². The number of ether oxygens (including phenoxy) is 1. The Morgan fingerprint density at radius 3 is 1.68 bits per heavy atom. The van der Waals surface area contributed by atoms with E-state index in [1.807, 2.05) is 36.4 Å². The van der Waals surface area contributed by atoms with Crippen LogP contribution in [0.4, 0.5) is 13.2 Å². The van der Waals surface area contributed by atoms with Crippen molar-refractivity contribution in [3.05, 3.63) is 106 Å². The highest BCUT2D eigenvalue weighted by molar-refractivity contribution is 5.29. The number of benzene rings is 3. The summed E-state index contributed by atoms with van der Waals surface area (Å²) in [5.41, 5.74) is 3.14. The van der Waals surface area contributed by atoms with Gasteiger partial charge in [-0.05, 0) is 65.8 Å². The van der Waals surface area contributed by atoms with Crippen molar-refractivity contribution in [2.45, 2.75) is 58.3 Å². The van der Waals surface area contributed by atoms with Gasteiger partial charge in [0.05, 0.1) is 12.2 Å². The molecule has 0 spiro atoms. The normalized spacial score (nSPS) is 11.7. The number of unbranched alkanes of at least 4 members (excludes halogenated alkanes) is 2. The first kappa shape index (κ1) is 25.8. The summed E-state index contributed by atoms with van der Waals surface area (Å²) in [6.07, 6.45) is 0.876. The first-order chi connectivity index (χ1) is 16.3. The lowest BCUT2D eigenvalue weighted by Crippen LogP contribution is -2.15. The van der Waals surface area contributed by atoms with Crippen LogP contribution < -0.4 is 4.74 Å². The van der Waals surface area contributed by atoms with E-state index in [1.165, 1.54) is 36.1 Å². The molecule has 0 heterocycles. The number of halogens is 3. The van der Waals surface area contributed by atoms with Gasteiger partial charge in [0.2, 0.25) is 0 Å². The van der Waals surface area contributed by atoms with E-state index in [0.717, 1.165) is 54.4 Å². The van der Waals surface area contributed by atoms with E-state index in [9.17, 15) is 18.4 Å². The molecule has 0 saturated heterocycles. The molecular formula is C28H31F3NO2-. The molecule has 0 bridgehead atoms. The van der Waals surface area contributed by atoms with Gasteiger partial charge in [-0.3, -0.25) is 0 Å². The van der Waals surface area contributed by atoms with Crippen LogP contribution in [0, 0.1) is 5.21 Å². The minimum atomic E-state index is -4.37. The average molecular weight is 471 g/mol. The summed E-state index contributed by atoms with van der Waals surface area (Å²) in [6.45, 7) is 3.15. The van der Waals surface area contributed by atoms with Crippen molar-refractivity contribution in [2.75, 3.05) is 6.61 Å². The average Bonchev–Trinajstić information content (AvgIpc) is 2.82. The van der Waals surface area contributed by atoms with Gasteiger partial charge in [0, 0.05) is 13.1 Å². The maximum Gasteiger partial charge on any atom is 0.416 e. The largest absolute Gasteiger partial charge is 0.785 e. The number of hydrogen-bond acceptors (Lipinski definition) is 3. The SMILES string of the molecule is CCCCCOc1ccc(CCc2ccc(CN([O-])Cc3ccc(C(F)(F)F)cc3)cc2)cc1. The second kappa shape index (κ2) is 12.6. The molecule has 6 heteroatoms. The Labute approximate surface area is 199 Å². The molecule has 0 aliphatic carbocycles. The molecule has 0 aromatic heterocycles. The Morgan fingerprint density at radius 2 is 1.18 bits per heavy atom. The van der Waals surface area contributed by atoms with Crippen molar-refractivity contribution in [3.8, 4) is 5.75 Å². The standard InChI is InChI=1S/C28H31F3NO2/c1-2-3-4-19-34-27-17-13-23(14-18-27)6-5-22-7-9-24(10-8-22)20-32(33)21-25-11-15-26(16-12-25)28(29,30)31/h7-18H,2-6,19-21H2,1H3/q-1. The summed E-state index contributed by atoms with van der Waals surface area (Å²) < 4.78 is 43.7. The predicted molar refractivity (Wildman–Crippen MR) is 129 cm³/mol. The molecule has 34 heavy (non-hydrogen) atoms. The molecule has 3 nitrogen and oxygen atoms in total. The molecule has 3 aromatic carbocycles. The Balaban J connectivity index is 1.43. The van der Waals surface area contributed by atoms with Gasteiger partial charge in [-0.1, -0.05) is 68.3 Å². The van der Waals surface area contributed by atoms with Crippen molar-refractivity contribution >= 4 is 0 Å². The van der Waals surface area contributed by atoms with Gasteiger partial charge in [0.25, 0.3) is 0 Å². The zero-order valence-electron chi connectivity index (χ0n) is 19.5. The van der Waals surface area contributed by atoms with Crippen LogP contribution in [-0.4, -0.2) is 11.7 Å². The number of hydroxylamine groups is 2. The molecule has 3 aromatic rings. The number of rotatable bonds is 12. The van der Waals surface area contributed by atoms with Crippen LogP contribution in [0.1, 0.15) is 54.0 Å². The number of hydrogen-bond donors (Lipinski definition) is 0. The molecule has 0 amide bonds. The molecule has 0 aliphatic heterocycles. The van der Waals surface area contributed by atoms with E-state index in [2.05, 4.69) is 19.1 Å². The van der Waals surface area contributed by atoms with E-state index < -0.39 is 11.7 Å². The summed E-state index contributed by atoms with van der Waals surface area (Å²) in [6, 6.07) is 20.8. The van der Waals surface area contributed by atoms with Crippen LogP contribution in [-0.2, 0) is 32.1 Å². The molecule has 0 saturated carbocycles. The van der Waals surface area contributed by atoms with Crippen molar-refractivity contribution < 1.29 is 17.9 Å². The van der Waals surface area contributed by atoms with Crippen molar-refractivity contribution in [1.29, 1.82) is 0 Å². The number of nitrogens with zero attached hydrogens (tertiary/aromatic N) is 1. The second-order valence-electron chi connectivity index (χ2n) is 8.51. The molecule has 0 atom stereocenters. The smallest absolute Gasteiger partial charge is 0.416 e. The molecular weight excluding hydrogens is 439 g/mol. The third-order valence-corrected chi connectivity index (χ3v) is 5.66. The monoisotopic (exact) mass is 470 g/mol. The minimum absolute atomic E-state index is 0.0399. The molecule has 0 fully saturated rings. The van der Waals surface area contributed by atoms with Crippen molar-refractivity contribution in [2.24, 2.45) is 0 Å². The van der Waals surface area contributed by atoms with Gasteiger partial charge < -0.3 is 15.0 Å². The van der Waals surface area contributed by atoms with Gasteiger partial charge in [-0.2, -0.15) is 13.2 Å². The van der Waals surface area contributed by atoms with Gasteiger partial charge in [0.15, 0.2) is 0 Å². The highest BCUT2D eigenvalue weighted by Gasteiger charge is 2.29. The fourth-order valence-corrected chi connectivity index (χ4v) is 3.66. The van der Waals surface area contributed by atoms with E-state index in [0.29, 0.717) is 5.56 Å². The topological polar surface area (TPSA) is 35.5 Å². The fourth-order valence-electron chi connectivity index (χ4n) is 3.66. The lowest BCUT2D eigenvalue weighted by atomic mass is 10.0. The summed E-state index contributed by atoms with van der Waals surface area (Å²) in [5.74, 6) is 0.905. The fraction of sp³-hybridized carbons (Fsp3) is 0.357. The lowest BCUT2D eigenvalue weighted by Gasteiger charge is -2.28. The van der Waals surface area contributed by atoms with E-state index >= 15 is 0 Å². The summed E-state index contributed by atoms with van der Waals surface area (Å²) in [7, 11) is 0. The van der Waals surface area contributed by atoms with Crippen LogP contribution in [0.2, 0.25) is 0 Å². The Morgan fingerprint density at radius 1 is 0.706 bits per heavy atom. The van der Waals surface area contributed by atoms with Crippen molar-refractivity contribution in [1.82, 2.24) is 5.06 Å². The summed E-state index contributed by atoms with van der Waals surface area (Å²) in [4.78, 5) is 0. The maximum absolute atomic E-state index is 12.7.